The molecule has 164 valence electrons. The first kappa shape index (κ1) is 22.7. The maximum atomic E-state index is 13.9. The van der Waals surface area contributed by atoms with Gasteiger partial charge in [0.2, 0.25) is 10.0 Å². The fourth-order valence-corrected chi connectivity index (χ4v) is 5.11. The Morgan fingerprint density at radius 3 is 2.48 bits per heavy atom. The molecule has 1 fully saturated rings. The van der Waals surface area contributed by atoms with Crippen molar-refractivity contribution in [1.29, 1.82) is 5.26 Å². The van der Waals surface area contributed by atoms with Gasteiger partial charge in [-0.1, -0.05) is 12.8 Å². The monoisotopic (exact) mass is 446 g/mol. The minimum absolute atomic E-state index is 0.00560. The predicted octanol–water partition coefficient (Wildman–Crippen LogP) is 3.63. The Hall–Kier alpha value is -2.96. The minimum atomic E-state index is -3.86. The highest BCUT2D eigenvalue weighted by Gasteiger charge is 2.29. The molecule has 0 N–H and O–H groups in total. The molecular weight excluding hydrogens is 423 g/mol. The van der Waals surface area contributed by atoms with Crippen LogP contribution in [0, 0.1) is 17.1 Å². The largest absolute Gasteiger partial charge is 0.495 e. The number of carbonyl (C=O) groups excluding carboxylic acids is 1. The average molecular weight is 447 g/mol. The van der Waals surface area contributed by atoms with Crippen LogP contribution in [0.15, 0.2) is 41.3 Å². The van der Waals surface area contributed by atoms with Crippen LogP contribution in [-0.4, -0.2) is 38.9 Å². The van der Waals surface area contributed by atoms with Crippen molar-refractivity contribution in [2.24, 2.45) is 0 Å². The molecule has 1 heterocycles. The van der Waals surface area contributed by atoms with Crippen LogP contribution in [-0.2, 0) is 21.4 Å². The number of carbonyl (C=O) groups is 1. The normalized spacial score (nSPS) is 15.0. The van der Waals surface area contributed by atoms with Gasteiger partial charge in [-0.2, -0.15) is 9.57 Å². The van der Waals surface area contributed by atoms with E-state index in [0.717, 1.165) is 31.7 Å². The van der Waals surface area contributed by atoms with Gasteiger partial charge < -0.3 is 9.47 Å². The number of halogens is 1. The van der Waals surface area contributed by atoms with Gasteiger partial charge >= 0.3 is 5.97 Å². The molecule has 1 aliphatic heterocycles. The Morgan fingerprint density at radius 1 is 1.13 bits per heavy atom. The molecule has 2 aromatic rings. The lowest BCUT2D eigenvalue weighted by Gasteiger charge is -2.21. The van der Waals surface area contributed by atoms with E-state index in [4.69, 9.17) is 14.7 Å². The minimum Gasteiger partial charge on any atom is -0.495 e. The van der Waals surface area contributed by atoms with Crippen LogP contribution < -0.4 is 4.74 Å². The van der Waals surface area contributed by atoms with Crippen molar-refractivity contribution in [3.8, 4) is 11.8 Å². The van der Waals surface area contributed by atoms with Crippen molar-refractivity contribution in [3.63, 3.8) is 0 Å². The molecule has 0 spiro atoms. The quantitative estimate of drug-likeness (QED) is 0.629. The van der Waals surface area contributed by atoms with Crippen molar-refractivity contribution >= 4 is 16.0 Å². The van der Waals surface area contributed by atoms with E-state index in [1.54, 1.807) is 0 Å². The zero-order valence-corrected chi connectivity index (χ0v) is 18.0. The van der Waals surface area contributed by atoms with Gasteiger partial charge in [0, 0.05) is 18.7 Å². The van der Waals surface area contributed by atoms with Gasteiger partial charge in [-0.3, -0.25) is 0 Å². The standard InChI is InChI=1S/C22H23FN2O5S/c1-29-20-9-7-17(13-21(20)31(27,28)25-10-4-2-3-5-11-25)22(26)30-15-18-12-16(14-24)6-8-19(18)23/h6-9,12-13H,2-5,10-11,15H2,1H3. The van der Waals surface area contributed by atoms with Gasteiger partial charge in [-0.05, 0) is 49.2 Å². The second kappa shape index (κ2) is 9.90. The molecule has 0 atom stereocenters. The number of nitrogens with zero attached hydrogens (tertiary/aromatic N) is 2. The molecule has 0 amide bonds. The maximum absolute atomic E-state index is 13.9. The summed E-state index contributed by atoms with van der Waals surface area (Å²) in [6, 6.07) is 9.66. The molecule has 0 aromatic heterocycles. The van der Waals surface area contributed by atoms with Crippen LogP contribution in [0.5, 0.6) is 5.75 Å². The van der Waals surface area contributed by atoms with E-state index in [0.29, 0.717) is 13.1 Å². The first-order chi connectivity index (χ1) is 14.9. The van der Waals surface area contributed by atoms with Gasteiger partial charge in [0.1, 0.15) is 23.1 Å². The van der Waals surface area contributed by atoms with E-state index < -0.39 is 21.8 Å². The second-order valence-electron chi connectivity index (χ2n) is 7.18. The summed E-state index contributed by atoms with van der Waals surface area (Å²) in [5, 5.41) is 8.94. The number of hydrogen-bond acceptors (Lipinski definition) is 6. The molecule has 0 bridgehead atoms. The number of ether oxygens (including phenoxy) is 2. The highest BCUT2D eigenvalue weighted by molar-refractivity contribution is 7.89. The molecule has 1 saturated heterocycles. The molecule has 0 unspecified atom stereocenters. The topological polar surface area (TPSA) is 96.7 Å². The fourth-order valence-electron chi connectivity index (χ4n) is 3.41. The predicted molar refractivity (Wildman–Crippen MR) is 110 cm³/mol. The van der Waals surface area contributed by atoms with Crippen molar-refractivity contribution in [2.45, 2.75) is 37.2 Å². The summed E-state index contributed by atoms with van der Waals surface area (Å²) in [7, 11) is -2.50. The molecule has 3 rings (SSSR count). The third-order valence-corrected chi connectivity index (χ3v) is 7.04. The van der Waals surface area contributed by atoms with Gasteiger partial charge in [-0.15, -0.1) is 0 Å². The number of hydrogen-bond donors (Lipinski definition) is 0. The highest BCUT2D eigenvalue weighted by atomic mass is 32.2. The zero-order chi connectivity index (χ0) is 22.4. The highest BCUT2D eigenvalue weighted by Crippen LogP contribution is 2.29. The van der Waals surface area contributed by atoms with Crippen LogP contribution in [0.25, 0.3) is 0 Å². The molecule has 0 aliphatic carbocycles. The Labute approximate surface area is 181 Å². The molecule has 0 radical (unpaired) electrons. The van der Waals surface area contributed by atoms with Crippen molar-refractivity contribution < 1.29 is 27.1 Å². The fraction of sp³-hybridized carbons (Fsp3) is 0.364. The Bertz CT molecular complexity index is 1100. The average Bonchev–Trinajstić information content (AvgIpc) is 3.08. The van der Waals surface area contributed by atoms with E-state index in [9.17, 15) is 17.6 Å². The first-order valence-electron chi connectivity index (χ1n) is 9.90. The van der Waals surface area contributed by atoms with E-state index in [1.165, 1.54) is 41.7 Å². The van der Waals surface area contributed by atoms with E-state index in [2.05, 4.69) is 0 Å². The summed E-state index contributed by atoms with van der Waals surface area (Å²) in [6.45, 7) is 0.434. The molecular formula is C22H23FN2O5S. The molecule has 0 saturated carbocycles. The van der Waals surface area contributed by atoms with Gasteiger partial charge in [0.05, 0.1) is 24.3 Å². The van der Waals surface area contributed by atoms with Gasteiger partial charge in [-0.25, -0.2) is 17.6 Å². The molecule has 1 aliphatic rings. The summed E-state index contributed by atoms with van der Waals surface area (Å²) in [4.78, 5) is 12.4. The van der Waals surface area contributed by atoms with Crippen LogP contribution in [0.1, 0.15) is 47.2 Å². The number of esters is 1. The number of methoxy groups -OCH3 is 1. The first-order valence-corrected chi connectivity index (χ1v) is 11.3. The molecule has 31 heavy (non-hydrogen) atoms. The summed E-state index contributed by atoms with van der Waals surface area (Å²) < 4.78 is 52.1. The molecule has 9 heteroatoms. The van der Waals surface area contributed by atoms with Crippen molar-refractivity contribution in [3.05, 3.63) is 58.9 Å². The summed E-state index contributed by atoms with van der Waals surface area (Å²) >= 11 is 0. The van der Waals surface area contributed by atoms with Gasteiger partial charge in [0.15, 0.2) is 0 Å². The Kier molecular flexibility index (Phi) is 7.25. The Balaban J connectivity index is 1.84. The van der Waals surface area contributed by atoms with Crippen molar-refractivity contribution in [1.82, 2.24) is 4.31 Å². The lowest BCUT2D eigenvalue weighted by molar-refractivity contribution is 0.0468. The van der Waals surface area contributed by atoms with Crippen LogP contribution >= 0.6 is 0 Å². The van der Waals surface area contributed by atoms with Crippen LogP contribution in [0.3, 0.4) is 0 Å². The number of rotatable bonds is 6. The zero-order valence-electron chi connectivity index (χ0n) is 17.1. The summed E-state index contributed by atoms with van der Waals surface area (Å²) in [5.41, 5.74) is 0.298. The lowest BCUT2D eigenvalue weighted by atomic mass is 10.1. The van der Waals surface area contributed by atoms with E-state index >= 15 is 0 Å². The number of benzene rings is 2. The number of sulfonamides is 1. The molecule has 2 aromatic carbocycles. The Morgan fingerprint density at radius 2 is 1.84 bits per heavy atom. The van der Waals surface area contributed by atoms with E-state index in [1.807, 2.05) is 6.07 Å². The molecule has 7 nitrogen and oxygen atoms in total. The third-order valence-electron chi connectivity index (χ3n) is 5.12. The van der Waals surface area contributed by atoms with E-state index in [-0.39, 0.29) is 33.9 Å². The van der Waals surface area contributed by atoms with Crippen LogP contribution in [0.2, 0.25) is 0 Å². The smallest absolute Gasteiger partial charge is 0.338 e. The second-order valence-corrected chi connectivity index (χ2v) is 9.08. The van der Waals surface area contributed by atoms with Crippen molar-refractivity contribution in [2.75, 3.05) is 20.2 Å². The maximum Gasteiger partial charge on any atom is 0.338 e. The summed E-state index contributed by atoms with van der Waals surface area (Å²) in [6.07, 6.45) is 3.49. The number of nitriles is 1. The van der Waals surface area contributed by atoms with Crippen LogP contribution in [0.4, 0.5) is 4.39 Å². The summed E-state index contributed by atoms with van der Waals surface area (Å²) in [5.74, 6) is -1.28. The van der Waals surface area contributed by atoms with Gasteiger partial charge in [0.25, 0.3) is 0 Å². The SMILES string of the molecule is COc1ccc(C(=O)OCc2cc(C#N)ccc2F)cc1S(=O)(=O)N1CCCCCC1. The third kappa shape index (κ3) is 5.21. The lowest BCUT2D eigenvalue weighted by Crippen LogP contribution is -2.32.